The Morgan fingerprint density at radius 1 is 1.21 bits per heavy atom. The van der Waals surface area contributed by atoms with Crippen molar-refractivity contribution in [1.82, 2.24) is 10.9 Å². The molecular weight excluding hydrogens is 180 g/mol. The van der Waals surface area contributed by atoms with E-state index in [9.17, 15) is 4.79 Å². The molecule has 84 valence electrons. The van der Waals surface area contributed by atoms with E-state index < -0.39 is 5.41 Å². The Balaban J connectivity index is 4.41. The van der Waals surface area contributed by atoms with Crippen molar-refractivity contribution in [2.24, 2.45) is 22.5 Å². The second-order valence-corrected chi connectivity index (χ2v) is 5.08. The minimum Gasteiger partial charge on any atom is -0.294 e. The fraction of sp³-hybridized carbons (Fsp3) is 0.889. The molecule has 0 aliphatic rings. The van der Waals surface area contributed by atoms with Crippen LogP contribution in [0.15, 0.2) is 0 Å². The summed E-state index contributed by atoms with van der Waals surface area (Å²) in [6.45, 7) is 8.51. The molecule has 1 amide bonds. The third-order valence-electron chi connectivity index (χ3n) is 2.25. The highest BCUT2D eigenvalue weighted by molar-refractivity contribution is 5.81. The molecule has 0 atom stereocenters. The molecule has 0 heterocycles. The molecule has 0 aliphatic heterocycles. The summed E-state index contributed by atoms with van der Waals surface area (Å²) in [5.41, 5.74) is 4.29. The van der Waals surface area contributed by atoms with Gasteiger partial charge in [0, 0.05) is 12.0 Å². The summed E-state index contributed by atoms with van der Waals surface area (Å²) in [5, 5.41) is 0. The molecule has 5 heteroatoms. The van der Waals surface area contributed by atoms with Crippen molar-refractivity contribution in [3.05, 3.63) is 0 Å². The van der Waals surface area contributed by atoms with Crippen LogP contribution < -0.4 is 22.5 Å². The normalized spacial score (nSPS) is 12.7. The zero-order valence-corrected chi connectivity index (χ0v) is 9.48. The minimum absolute atomic E-state index is 0.0369. The summed E-state index contributed by atoms with van der Waals surface area (Å²) in [7, 11) is 0. The van der Waals surface area contributed by atoms with Gasteiger partial charge in [0.25, 0.3) is 0 Å². The third-order valence-corrected chi connectivity index (χ3v) is 2.25. The van der Waals surface area contributed by atoms with E-state index >= 15 is 0 Å². The Morgan fingerprint density at radius 2 is 1.71 bits per heavy atom. The standard InChI is InChI=1S/C9H22N4O/c1-8(2,6-12-10)5-9(3,4)7(14)13-11/h12H,5-6,10-11H2,1-4H3,(H,13,14). The van der Waals surface area contributed by atoms with Crippen molar-refractivity contribution in [1.29, 1.82) is 0 Å². The van der Waals surface area contributed by atoms with Gasteiger partial charge in [-0.05, 0) is 11.8 Å². The molecule has 0 fully saturated rings. The first-order chi connectivity index (χ1) is 6.25. The number of hydrazine groups is 2. The van der Waals surface area contributed by atoms with Gasteiger partial charge in [-0.3, -0.25) is 21.5 Å². The van der Waals surface area contributed by atoms with Crippen molar-refractivity contribution in [2.75, 3.05) is 6.54 Å². The number of carbonyl (C=O) groups excluding carboxylic acids is 1. The molecule has 0 radical (unpaired) electrons. The van der Waals surface area contributed by atoms with Gasteiger partial charge in [0.05, 0.1) is 0 Å². The summed E-state index contributed by atoms with van der Waals surface area (Å²) in [4.78, 5) is 11.4. The quantitative estimate of drug-likeness (QED) is 0.284. The first-order valence-corrected chi connectivity index (χ1v) is 4.70. The average molecular weight is 202 g/mol. The number of nitrogens with two attached hydrogens (primary N) is 2. The Bertz CT molecular complexity index is 201. The second kappa shape index (κ2) is 4.72. The smallest absolute Gasteiger partial charge is 0.239 e. The summed E-state index contributed by atoms with van der Waals surface area (Å²) in [6, 6.07) is 0. The van der Waals surface area contributed by atoms with Crippen molar-refractivity contribution >= 4 is 5.91 Å². The highest BCUT2D eigenvalue weighted by atomic mass is 16.2. The molecule has 0 bridgehead atoms. The summed E-state index contributed by atoms with van der Waals surface area (Å²) >= 11 is 0. The molecule has 0 aromatic heterocycles. The monoisotopic (exact) mass is 202 g/mol. The zero-order valence-electron chi connectivity index (χ0n) is 9.48. The number of carbonyl (C=O) groups is 1. The summed E-state index contributed by atoms with van der Waals surface area (Å²) < 4.78 is 0. The molecule has 0 aromatic rings. The molecule has 0 aliphatic carbocycles. The lowest BCUT2D eigenvalue weighted by Gasteiger charge is -2.33. The summed E-state index contributed by atoms with van der Waals surface area (Å²) in [6.07, 6.45) is 0.716. The van der Waals surface area contributed by atoms with Crippen LogP contribution in [0, 0.1) is 10.8 Å². The second-order valence-electron chi connectivity index (χ2n) is 5.08. The van der Waals surface area contributed by atoms with Crippen LogP contribution in [0.1, 0.15) is 34.1 Å². The molecule has 0 spiro atoms. The maximum absolute atomic E-state index is 11.4. The maximum atomic E-state index is 11.4. The molecular formula is C9H22N4O. The van der Waals surface area contributed by atoms with Gasteiger partial charge in [-0.1, -0.05) is 27.7 Å². The Morgan fingerprint density at radius 3 is 2.07 bits per heavy atom. The van der Waals surface area contributed by atoms with Crippen LogP contribution in [0.4, 0.5) is 0 Å². The molecule has 0 saturated heterocycles. The summed E-state index contributed by atoms with van der Waals surface area (Å²) in [5.74, 6) is 10.2. The van der Waals surface area contributed by atoms with Crippen molar-refractivity contribution in [3.63, 3.8) is 0 Å². The maximum Gasteiger partial charge on any atom is 0.239 e. The fourth-order valence-electron chi connectivity index (χ4n) is 1.81. The number of amides is 1. The van der Waals surface area contributed by atoms with Crippen LogP contribution in [-0.2, 0) is 4.79 Å². The van der Waals surface area contributed by atoms with E-state index in [0.717, 1.165) is 0 Å². The van der Waals surface area contributed by atoms with Crippen LogP contribution in [0.5, 0.6) is 0 Å². The predicted octanol–water partition coefficient (Wildman–Crippen LogP) is -0.118. The lowest BCUT2D eigenvalue weighted by Crippen LogP contribution is -2.45. The number of hydrogen-bond acceptors (Lipinski definition) is 4. The highest BCUT2D eigenvalue weighted by Crippen LogP contribution is 2.32. The van der Waals surface area contributed by atoms with E-state index in [1.807, 2.05) is 13.8 Å². The lowest BCUT2D eigenvalue weighted by molar-refractivity contribution is -0.131. The topological polar surface area (TPSA) is 93.2 Å². The van der Waals surface area contributed by atoms with Gasteiger partial charge >= 0.3 is 0 Å². The van der Waals surface area contributed by atoms with Crippen molar-refractivity contribution < 1.29 is 4.79 Å². The number of rotatable bonds is 5. The van der Waals surface area contributed by atoms with E-state index in [4.69, 9.17) is 11.7 Å². The van der Waals surface area contributed by atoms with E-state index in [-0.39, 0.29) is 11.3 Å². The first kappa shape index (κ1) is 13.4. The van der Waals surface area contributed by atoms with E-state index in [1.165, 1.54) is 0 Å². The van der Waals surface area contributed by atoms with E-state index in [2.05, 4.69) is 24.7 Å². The molecule has 0 rings (SSSR count). The SMILES string of the molecule is CC(C)(CNN)CC(C)(C)C(=O)NN. The van der Waals surface area contributed by atoms with Crippen molar-refractivity contribution in [2.45, 2.75) is 34.1 Å². The van der Waals surface area contributed by atoms with Crippen molar-refractivity contribution in [3.8, 4) is 0 Å². The van der Waals surface area contributed by atoms with Gasteiger partial charge in [0.2, 0.25) is 5.91 Å². The van der Waals surface area contributed by atoms with Gasteiger partial charge in [0.15, 0.2) is 0 Å². The fourth-order valence-corrected chi connectivity index (χ4v) is 1.81. The van der Waals surface area contributed by atoms with Gasteiger partial charge in [0.1, 0.15) is 0 Å². The zero-order chi connectivity index (χ0) is 11.4. The van der Waals surface area contributed by atoms with Crippen LogP contribution in [-0.4, -0.2) is 12.5 Å². The number of hydrogen-bond donors (Lipinski definition) is 4. The molecule has 0 aromatic carbocycles. The average Bonchev–Trinajstić information content (AvgIpc) is 2.00. The van der Waals surface area contributed by atoms with Crippen LogP contribution >= 0.6 is 0 Å². The van der Waals surface area contributed by atoms with Gasteiger partial charge < -0.3 is 0 Å². The highest BCUT2D eigenvalue weighted by Gasteiger charge is 2.33. The Hall–Kier alpha value is -0.650. The third kappa shape index (κ3) is 4.04. The molecule has 5 nitrogen and oxygen atoms in total. The van der Waals surface area contributed by atoms with E-state index in [0.29, 0.717) is 13.0 Å². The largest absolute Gasteiger partial charge is 0.294 e. The molecule has 0 saturated carbocycles. The van der Waals surface area contributed by atoms with Crippen LogP contribution in [0.25, 0.3) is 0 Å². The van der Waals surface area contributed by atoms with Crippen LogP contribution in [0.2, 0.25) is 0 Å². The minimum atomic E-state index is -0.477. The lowest BCUT2D eigenvalue weighted by atomic mass is 9.74. The first-order valence-electron chi connectivity index (χ1n) is 4.70. The number of nitrogens with one attached hydrogen (secondary N) is 2. The Labute approximate surface area is 85.5 Å². The van der Waals surface area contributed by atoms with Gasteiger partial charge in [-0.2, -0.15) is 0 Å². The predicted molar refractivity (Wildman–Crippen MR) is 56.7 cm³/mol. The van der Waals surface area contributed by atoms with Crippen LogP contribution in [0.3, 0.4) is 0 Å². The van der Waals surface area contributed by atoms with E-state index in [1.54, 1.807) is 0 Å². The van der Waals surface area contributed by atoms with Gasteiger partial charge in [-0.25, -0.2) is 5.84 Å². The Kier molecular flexibility index (Phi) is 4.51. The van der Waals surface area contributed by atoms with Gasteiger partial charge in [-0.15, -0.1) is 0 Å². The molecule has 0 unspecified atom stereocenters. The molecule has 14 heavy (non-hydrogen) atoms. The molecule has 6 N–H and O–H groups in total.